The SMILES string of the molecule is CSCc1ccc(-c2ccc3c(c2)CCC2(CCN(C(=O)OC(C)(C)C)CC2)O3)cc1. The first-order valence-electron chi connectivity index (χ1n) is 11.2. The summed E-state index contributed by atoms with van der Waals surface area (Å²) in [4.78, 5) is 14.2. The number of ether oxygens (including phenoxy) is 2. The van der Waals surface area contributed by atoms with Crippen LogP contribution in [-0.4, -0.2) is 41.5 Å². The van der Waals surface area contributed by atoms with Crippen LogP contribution in [0.5, 0.6) is 5.75 Å². The third kappa shape index (κ3) is 5.20. The van der Waals surface area contributed by atoms with Crippen molar-refractivity contribution >= 4 is 17.9 Å². The molecule has 0 bridgehead atoms. The van der Waals surface area contributed by atoms with Gasteiger partial charge in [-0.3, -0.25) is 0 Å². The van der Waals surface area contributed by atoms with E-state index in [-0.39, 0.29) is 11.7 Å². The summed E-state index contributed by atoms with van der Waals surface area (Å²) in [5, 5.41) is 0. The van der Waals surface area contributed by atoms with Crippen LogP contribution in [0.4, 0.5) is 4.79 Å². The molecule has 4 rings (SSSR count). The minimum absolute atomic E-state index is 0.160. The predicted molar refractivity (Wildman–Crippen MR) is 128 cm³/mol. The number of fused-ring (bicyclic) bond motifs is 1. The number of aryl methyl sites for hydroxylation is 1. The number of rotatable bonds is 3. The molecule has 2 aliphatic rings. The van der Waals surface area contributed by atoms with Gasteiger partial charge in [0.15, 0.2) is 0 Å². The van der Waals surface area contributed by atoms with E-state index in [4.69, 9.17) is 9.47 Å². The van der Waals surface area contributed by atoms with Crippen LogP contribution >= 0.6 is 11.8 Å². The number of carbonyl (C=O) groups is 1. The maximum atomic E-state index is 12.4. The van der Waals surface area contributed by atoms with Crippen LogP contribution in [0.15, 0.2) is 42.5 Å². The Labute approximate surface area is 190 Å². The average molecular weight is 440 g/mol. The summed E-state index contributed by atoms with van der Waals surface area (Å²) in [6.07, 6.45) is 5.63. The van der Waals surface area contributed by atoms with Crippen LogP contribution in [0.25, 0.3) is 11.1 Å². The fraction of sp³-hybridized carbons (Fsp3) is 0.500. The second kappa shape index (κ2) is 8.78. The molecule has 0 atom stereocenters. The van der Waals surface area contributed by atoms with E-state index in [1.807, 2.05) is 37.4 Å². The normalized spacial score (nSPS) is 17.7. The molecule has 0 saturated carbocycles. The number of hydrogen-bond acceptors (Lipinski definition) is 4. The van der Waals surface area contributed by atoms with Gasteiger partial charge in [-0.25, -0.2) is 4.79 Å². The van der Waals surface area contributed by atoms with Gasteiger partial charge in [-0.2, -0.15) is 11.8 Å². The molecule has 4 nitrogen and oxygen atoms in total. The molecular formula is C26H33NO3S. The number of amides is 1. The Kier molecular flexibility index (Phi) is 6.25. The van der Waals surface area contributed by atoms with Gasteiger partial charge in [-0.15, -0.1) is 0 Å². The summed E-state index contributed by atoms with van der Waals surface area (Å²) in [6, 6.07) is 15.4. The molecule has 1 spiro atoms. The lowest BCUT2D eigenvalue weighted by Crippen LogP contribution is -2.52. The molecule has 2 aromatic carbocycles. The lowest BCUT2D eigenvalue weighted by atomic mass is 9.82. The largest absolute Gasteiger partial charge is 0.487 e. The minimum Gasteiger partial charge on any atom is -0.487 e. The lowest BCUT2D eigenvalue weighted by molar-refractivity contribution is -0.0272. The number of likely N-dealkylation sites (tertiary alicyclic amines) is 1. The van der Waals surface area contributed by atoms with Crippen molar-refractivity contribution in [3.63, 3.8) is 0 Å². The predicted octanol–water partition coefficient (Wildman–Crippen LogP) is 6.31. The maximum absolute atomic E-state index is 12.4. The van der Waals surface area contributed by atoms with Gasteiger partial charge in [0.1, 0.15) is 17.0 Å². The van der Waals surface area contributed by atoms with E-state index in [1.54, 1.807) is 0 Å². The van der Waals surface area contributed by atoms with Crippen LogP contribution < -0.4 is 4.74 Å². The summed E-state index contributed by atoms with van der Waals surface area (Å²) < 4.78 is 12.1. The van der Waals surface area contributed by atoms with Crippen molar-refractivity contribution in [1.29, 1.82) is 0 Å². The van der Waals surface area contributed by atoms with E-state index in [0.717, 1.165) is 37.2 Å². The molecule has 0 radical (unpaired) electrons. The van der Waals surface area contributed by atoms with E-state index >= 15 is 0 Å². The summed E-state index contributed by atoms with van der Waals surface area (Å²) in [5.74, 6) is 2.05. The number of thioether (sulfide) groups is 1. The van der Waals surface area contributed by atoms with Gasteiger partial charge >= 0.3 is 6.09 Å². The van der Waals surface area contributed by atoms with Crippen molar-refractivity contribution in [2.45, 2.75) is 63.4 Å². The van der Waals surface area contributed by atoms with Crippen LogP contribution in [0.3, 0.4) is 0 Å². The van der Waals surface area contributed by atoms with Gasteiger partial charge < -0.3 is 14.4 Å². The molecule has 0 aliphatic carbocycles. The van der Waals surface area contributed by atoms with Crippen molar-refractivity contribution in [2.24, 2.45) is 0 Å². The standard InChI is InChI=1S/C26H33NO3S/c1-25(2,3)30-24(28)27-15-13-26(14-16-27)12-11-22-17-21(9-10-23(22)29-26)20-7-5-19(6-8-20)18-31-4/h5-10,17H,11-16,18H2,1-4H3. The Balaban J connectivity index is 1.41. The zero-order chi connectivity index (χ0) is 22.1. The zero-order valence-electron chi connectivity index (χ0n) is 19.1. The summed E-state index contributed by atoms with van der Waals surface area (Å²) in [5.41, 5.74) is 4.52. The number of carbonyl (C=O) groups excluding carboxylic acids is 1. The molecule has 2 heterocycles. The van der Waals surface area contributed by atoms with E-state index in [2.05, 4.69) is 48.7 Å². The lowest BCUT2D eigenvalue weighted by Gasteiger charge is -2.44. The second-order valence-electron chi connectivity index (χ2n) is 9.70. The molecule has 166 valence electrons. The van der Waals surface area contributed by atoms with Crippen LogP contribution in [0.1, 0.15) is 51.2 Å². The Morgan fingerprint density at radius 2 is 1.74 bits per heavy atom. The first-order chi connectivity index (χ1) is 14.8. The molecule has 2 aromatic rings. The Morgan fingerprint density at radius 1 is 1.06 bits per heavy atom. The van der Waals surface area contributed by atoms with Crippen molar-refractivity contribution in [1.82, 2.24) is 4.90 Å². The van der Waals surface area contributed by atoms with Crippen LogP contribution in [0, 0.1) is 0 Å². The summed E-state index contributed by atoms with van der Waals surface area (Å²) >= 11 is 1.84. The quantitative estimate of drug-likeness (QED) is 0.562. The van der Waals surface area contributed by atoms with Gasteiger partial charge in [-0.1, -0.05) is 30.3 Å². The van der Waals surface area contributed by atoms with Gasteiger partial charge in [0.05, 0.1) is 0 Å². The molecule has 0 N–H and O–H groups in total. The number of benzene rings is 2. The molecule has 0 unspecified atom stereocenters. The highest BCUT2D eigenvalue weighted by atomic mass is 32.2. The summed E-state index contributed by atoms with van der Waals surface area (Å²) in [7, 11) is 0. The molecule has 1 saturated heterocycles. The van der Waals surface area contributed by atoms with Gasteiger partial charge in [-0.05, 0) is 74.3 Å². The zero-order valence-corrected chi connectivity index (χ0v) is 19.9. The molecular weight excluding hydrogens is 406 g/mol. The number of hydrogen-bond donors (Lipinski definition) is 0. The van der Waals surface area contributed by atoms with E-state index in [0.29, 0.717) is 13.1 Å². The molecule has 5 heteroatoms. The van der Waals surface area contributed by atoms with Crippen LogP contribution in [0.2, 0.25) is 0 Å². The van der Waals surface area contributed by atoms with E-state index in [9.17, 15) is 4.79 Å². The Bertz CT molecular complexity index is 925. The smallest absolute Gasteiger partial charge is 0.410 e. The fourth-order valence-corrected chi connectivity index (χ4v) is 4.96. The van der Waals surface area contributed by atoms with Crippen molar-refractivity contribution in [3.05, 3.63) is 53.6 Å². The first-order valence-corrected chi connectivity index (χ1v) is 12.5. The topological polar surface area (TPSA) is 38.8 Å². The molecule has 0 aromatic heterocycles. The second-order valence-corrected chi connectivity index (χ2v) is 10.6. The van der Waals surface area contributed by atoms with Crippen molar-refractivity contribution in [2.75, 3.05) is 19.3 Å². The van der Waals surface area contributed by atoms with Crippen LogP contribution in [-0.2, 0) is 16.9 Å². The minimum atomic E-state index is -0.459. The molecule has 1 fully saturated rings. The molecule has 2 aliphatic heterocycles. The highest BCUT2D eigenvalue weighted by Crippen LogP contribution is 2.41. The van der Waals surface area contributed by atoms with E-state index < -0.39 is 5.60 Å². The monoisotopic (exact) mass is 439 g/mol. The Morgan fingerprint density at radius 3 is 2.39 bits per heavy atom. The highest BCUT2D eigenvalue weighted by Gasteiger charge is 2.41. The first kappa shape index (κ1) is 22.1. The number of nitrogens with zero attached hydrogens (tertiary/aromatic N) is 1. The number of piperidine rings is 1. The van der Waals surface area contributed by atoms with E-state index in [1.165, 1.54) is 22.3 Å². The van der Waals surface area contributed by atoms with Gasteiger partial charge in [0.25, 0.3) is 0 Å². The van der Waals surface area contributed by atoms with Gasteiger partial charge in [0, 0.05) is 31.7 Å². The maximum Gasteiger partial charge on any atom is 0.410 e. The molecule has 31 heavy (non-hydrogen) atoms. The Hall–Kier alpha value is -2.14. The average Bonchev–Trinajstić information content (AvgIpc) is 2.73. The van der Waals surface area contributed by atoms with Gasteiger partial charge in [0.2, 0.25) is 0 Å². The molecule has 1 amide bonds. The third-order valence-corrected chi connectivity index (χ3v) is 6.78. The van der Waals surface area contributed by atoms with Crippen molar-refractivity contribution in [3.8, 4) is 16.9 Å². The van der Waals surface area contributed by atoms with Crippen molar-refractivity contribution < 1.29 is 14.3 Å². The fourth-order valence-electron chi connectivity index (χ4n) is 4.44. The highest BCUT2D eigenvalue weighted by molar-refractivity contribution is 7.97. The third-order valence-electron chi connectivity index (χ3n) is 6.16. The summed E-state index contributed by atoms with van der Waals surface area (Å²) in [6.45, 7) is 7.09.